The molecule has 0 bridgehead atoms. The fourth-order valence-corrected chi connectivity index (χ4v) is 4.18. The number of nitrogens with zero attached hydrogens (tertiary/aromatic N) is 1. The van der Waals surface area contributed by atoms with Gasteiger partial charge in [0.1, 0.15) is 0 Å². The number of benzene rings is 2. The molecule has 8 heteroatoms. The first kappa shape index (κ1) is 21.1. The van der Waals surface area contributed by atoms with Crippen molar-refractivity contribution in [2.24, 2.45) is 0 Å². The second-order valence-corrected chi connectivity index (χ2v) is 7.51. The fraction of sp³-hybridized carbons (Fsp3) is 0.381. The lowest BCUT2D eigenvalue weighted by Crippen LogP contribution is -2.41. The minimum absolute atomic E-state index is 0.0364. The van der Waals surface area contributed by atoms with Crippen LogP contribution in [0.3, 0.4) is 0 Å². The number of rotatable bonds is 5. The summed E-state index contributed by atoms with van der Waals surface area (Å²) in [5.41, 5.74) is 2.83. The summed E-state index contributed by atoms with van der Waals surface area (Å²) in [6.45, 7) is 0.503. The van der Waals surface area contributed by atoms with Gasteiger partial charge >= 0.3 is 6.09 Å². The number of methoxy groups -OCH3 is 4. The Bertz CT molecular complexity index is 917. The number of carbonyl (C=O) groups is 1. The van der Waals surface area contributed by atoms with Crippen LogP contribution < -0.4 is 14.2 Å². The van der Waals surface area contributed by atoms with Crippen LogP contribution in [0.15, 0.2) is 28.7 Å². The highest BCUT2D eigenvalue weighted by atomic mass is 79.9. The summed E-state index contributed by atoms with van der Waals surface area (Å²) < 4.78 is 21.9. The summed E-state index contributed by atoms with van der Waals surface area (Å²) in [7, 11) is 6.04. The van der Waals surface area contributed by atoms with Gasteiger partial charge in [-0.3, -0.25) is 0 Å². The molecule has 1 amide bonds. The van der Waals surface area contributed by atoms with Crippen molar-refractivity contribution in [1.82, 2.24) is 4.90 Å². The van der Waals surface area contributed by atoms with Crippen molar-refractivity contribution in [2.45, 2.75) is 18.9 Å². The first-order valence-electron chi connectivity index (χ1n) is 9.08. The minimum Gasteiger partial charge on any atom is -0.504 e. The van der Waals surface area contributed by atoms with E-state index in [9.17, 15) is 9.90 Å². The summed E-state index contributed by atoms with van der Waals surface area (Å²) in [6, 6.07) is 6.90. The van der Waals surface area contributed by atoms with Gasteiger partial charge in [0.2, 0.25) is 0 Å². The number of hydrogen-bond donors (Lipinski definition) is 1. The van der Waals surface area contributed by atoms with Crippen LogP contribution in [0.4, 0.5) is 4.79 Å². The Morgan fingerprint density at radius 3 is 2.34 bits per heavy atom. The molecule has 0 aliphatic carbocycles. The number of halogens is 1. The van der Waals surface area contributed by atoms with Crippen molar-refractivity contribution in [3.05, 3.63) is 45.4 Å². The first-order chi connectivity index (χ1) is 13.9. The predicted octanol–water partition coefficient (Wildman–Crippen LogP) is 4.09. The van der Waals surface area contributed by atoms with E-state index in [0.29, 0.717) is 36.6 Å². The van der Waals surface area contributed by atoms with Gasteiger partial charge in [-0.15, -0.1) is 0 Å². The van der Waals surface area contributed by atoms with E-state index >= 15 is 0 Å². The molecule has 1 unspecified atom stereocenters. The highest BCUT2D eigenvalue weighted by molar-refractivity contribution is 9.10. The molecule has 1 atom stereocenters. The van der Waals surface area contributed by atoms with Crippen LogP contribution >= 0.6 is 15.9 Å². The number of ether oxygens (including phenoxy) is 4. The van der Waals surface area contributed by atoms with Crippen LogP contribution in [-0.4, -0.2) is 51.1 Å². The number of aromatic hydroxyl groups is 1. The van der Waals surface area contributed by atoms with Gasteiger partial charge in [-0.1, -0.05) is 15.9 Å². The van der Waals surface area contributed by atoms with E-state index in [-0.39, 0.29) is 11.8 Å². The molecule has 0 aromatic heterocycles. The quantitative estimate of drug-likeness (QED) is 0.716. The zero-order valence-electron chi connectivity index (χ0n) is 16.8. The standard InChI is InChI=1S/C21H24BrNO6/c1-26-18-8-12-5-6-23(21(25)29-4)16(14(12)10-17(18)24)7-13-9-19(27-2)20(28-3)11-15(13)22/h8-11,16,24H,5-7H2,1-4H3. The first-order valence-corrected chi connectivity index (χ1v) is 9.87. The van der Waals surface area contributed by atoms with Crippen molar-refractivity contribution in [1.29, 1.82) is 0 Å². The lowest BCUT2D eigenvalue weighted by atomic mass is 9.88. The maximum absolute atomic E-state index is 12.5. The molecule has 0 radical (unpaired) electrons. The largest absolute Gasteiger partial charge is 0.504 e. The lowest BCUT2D eigenvalue weighted by Gasteiger charge is -2.37. The van der Waals surface area contributed by atoms with Crippen LogP contribution in [0, 0.1) is 0 Å². The third-order valence-electron chi connectivity index (χ3n) is 5.17. The van der Waals surface area contributed by atoms with Gasteiger partial charge in [-0.2, -0.15) is 0 Å². The highest BCUT2D eigenvalue weighted by Gasteiger charge is 2.33. The van der Waals surface area contributed by atoms with Gasteiger partial charge < -0.3 is 29.0 Å². The normalized spacial score (nSPS) is 15.5. The molecule has 156 valence electrons. The Morgan fingerprint density at radius 1 is 1.07 bits per heavy atom. The number of hydrogen-bond acceptors (Lipinski definition) is 6. The second kappa shape index (κ2) is 8.82. The zero-order valence-corrected chi connectivity index (χ0v) is 18.4. The van der Waals surface area contributed by atoms with Crippen LogP contribution in [-0.2, 0) is 17.6 Å². The van der Waals surface area contributed by atoms with E-state index in [1.165, 1.54) is 14.2 Å². The average Bonchev–Trinajstić information content (AvgIpc) is 2.73. The third kappa shape index (κ3) is 4.07. The number of fused-ring (bicyclic) bond motifs is 1. The van der Waals surface area contributed by atoms with Crippen molar-refractivity contribution in [3.63, 3.8) is 0 Å². The minimum atomic E-state index is -0.410. The molecule has 3 rings (SSSR count). The lowest BCUT2D eigenvalue weighted by molar-refractivity contribution is 0.100. The zero-order chi connectivity index (χ0) is 21.1. The van der Waals surface area contributed by atoms with Gasteiger partial charge in [0.05, 0.1) is 34.5 Å². The molecule has 7 nitrogen and oxygen atoms in total. The van der Waals surface area contributed by atoms with Crippen molar-refractivity contribution in [3.8, 4) is 23.0 Å². The third-order valence-corrected chi connectivity index (χ3v) is 5.91. The van der Waals surface area contributed by atoms with Crippen LogP contribution in [0.5, 0.6) is 23.0 Å². The summed E-state index contributed by atoms with van der Waals surface area (Å²) in [4.78, 5) is 14.1. The van der Waals surface area contributed by atoms with Gasteiger partial charge in [0, 0.05) is 11.0 Å². The van der Waals surface area contributed by atoms with Crippen LogP contribution in [0.1, 0.15) is 22.7 Å². The van der Waals surface area contributed by atoms with Crippen LogP contribution in [0.25, 0.3) is 0 Å². The van der Waals surface area contributed by atoms with Gasteiger partial charge in [-0.05, 0) is 53.8 Å². The molecular weight excluding hydrogens is 442 g/mol. The maximum atomic E-state index is 12.5. The Hall–Kier alpha value is -2.61. The van der Waals surface area contributed by atoms with Gasteiger partial charge in [0.25, 0.3) is 0 Å². The van der Waals surface area contributed by atoms with E-state index in [4.69, 9.17) is 18.9 Å². The molecule has 1 heterocycles. The van der Waals surface area contributed by atoms with E-state index in [1.54, 1.807) is 25.2 Å². The molecular formula is C21H24BrNO6. The van der Waals surface area contributed by atoms with Crippen molar-refractivity contribution in [2.75, 3.05) is 35.0 Å². The molecule has 2 aromatic carbocycles. The molecule has 2 aromatic rings. The Balaban J connectivity index is 2.07. The number of amides is 1. The molecule has 29 heavy (non-hydrogen) atoms. The smallest absolute Gasteiger partial charge is 0.410 e. The van der Waals surface area contributed by atoms with E-state index in [1.807, 2.05) is 18.2 Å². The SMILES string of the molecule is COC(=O)N1CCc2cc(OC)c(O)cc2C1Cc1cc(OC)c(OC)cc1Br. The molecule has 0 fully saturated rings. The van der Waals surface area contributed by atoms with Gasteiger partial charge in [-0.25, -0.2) is 4.79 Å². The highest BCUT2D eigenvalue weighted by Crippen LogP contribution is 2.41. The number of phenols is 1. The van der Waals surface area contributed by atoms with Crippen LogP contribution in [0.2, 0.25) is 0 Å². The topological polar surface area (TPSA) is 77.5 Å². The average molecular weight is 466 g/mol. The predicted molar refractivity (Wildman–Crippen MR) is 111 cm³/mol. The second-order valence-electron chi connectivity index (χ2n) is 6.65. The summed E-state index contributed by atoms with van der Waals surface area (Å²) >= 11 is 3.59. The Kier molecular flexibility index (Phi) is 6.42. The maximum Gasteiger partial charge on any atom is 0.410 e. The Labute approximate surface area is 178 Å². The molecule has 1 aliphatic rings. The number of phenolic OH excluding ortho intramolecular Hbond substituents is 1. The van der Waals surface area contributed by atoms with E-state index < -0.39 is 6.09 Å². The molecule has 1 aliphatic heterocycles. The fourth-order valence-electron chi connectivity index (χ4n) is 3.70. The molecule has 1 N–H and O–H groups in total. The van der Waals surface area contributed by atoms with Crippen molar-refractivity contribution < 1.29 is 28.8 Å². The van der Waals surface area contributed by atoms with E-state index in [2.05, 4.69) is 15.9 Å². The van der Waals surface area contributed by atoms with Crippen molar-refractivity contribution >= 4 is 22.0 Å². The molecule has 0 saturated heterocycles. The van der Waals surface area contributed by atoms with Gasteiger partial charge in [0.15, 0.2) is 23.0 Å². The molecule has 0 saturated carbocycles. The monoisotopic (exact) mass is 465 g/mol. The summed E-state index contributed by atoms with van der Waals surface area (Å²) in [6.07, 6.45) is 0.729. The van der Waals surface area contributed by atoms with E-state index in [0.717, 1.165) is 21.2 Å². The molecule has 0 spiro atoms. The number of carbonyl (C=O) groups excluding carboxylic acids is 1. The summed E-state index contributed by atoms with van der Waals surface area (Å²) in [5, 5.41) is 10.3. The Morgan fingerprint density at radius 2 is 1.72 bits per heavy atom. The summed E-state index contributed by atoms with van der Waals surface area (Å²) in [5.74, 6) is 1.67.